The predicted molar refractivity (Wildman–Crippen MR) is 97.0 cm³/mol. The van der Waals surface area contributed by atoms with Gasteiger partial charge in [-0.3, -0.25) is 4.79 Å². The van der Waals surface area contributed by atoms with Gasteiger partial charge in [0.2, 0.25) is 5.91 Å². The highest BCUT2D eigenvalue weighted by Crippen LogP contribution is 2.31. The number of methoxy groups -OCH3 is 1. The third kappa shape index (κ3) is 5.12. The topological polar surface area (TPSA) is 29.5 Å². The first-order valence-electron chi connectivity index (χ1n) is 8.65. The predicted octanol–water partition coefficient (Wildman–Crippen LogP) is 4.92. The summed E-state index contributed by atoms with van der Waals surface area (Å²) in [6.07, 6.45) is 0.263. The summed E-state index contributed by atoms with van der Waals surface area (Å²) in [6.45, 7) is 0.459. The molecule has 1 aliphatic carbocycles. The van der Waals surface area contributed by atoms with Crippen LogP contribution in [0.2, 0.25) is 0 Å². The standard InChI is InChI=1S/C21H20F3NO2/c1-27-19-10-5-16(6-11-19)14-25(18-8-9-18)20(26)12-7-15-3-2-4-17(13-15)21(22,23)24/h2-7,10-13,18H,8-9,14H2,1H3/b12-7+. The number of carbonyl (C=O) groups is 1. The van der Waals surface area contributed by atoms with Crippen molar-refractivity contribution in [1.29, 1.82) is 0 Å². The second-order valence-corrected chi connectivity index (χ2v) is 6.50. The average Bonchev–Trinajstić information content (AvgIpc) is 3.49. The van der Waals surface area contributed by atoms with Crippen molar-refractivity contribution in [2.24, 2.45) is 0 Å². The van der Waals surface area contributed by atoms with Crippen molar-refractivity contribution >= 4 is 12.0 Å². The quantitative estimate of drug-likeness (QED) is 0.671. The molecule has 2 aromatic carbocycles. The van der Waals surface area contributed by atoms with Crippen molar-refractivity contribution in [3.8, 4) is 5.75 Å². The summed E-state index contributed by atoms with van der Waals surface area (Å²) < 4.78 is 43.5. The number of rotatable bonds is 6. The Labute approximate surface area is 156 Å². The Morgan fingerprint density at radius 3 is 2.48 bits per heavy atom. The third-order valence-corrected chi connectivity index (χ3v) is 4.42. The second-order valence-electron chi connectivity index (χ2n) is 6.50. The lowest BCUT2D eigenvalue weighted by Crippen LogP contribution is -2.31. The largest absolute Gasteiger partial charge is 0.497 e. The second kappa shape index (κ2) is 7.86. The molecule has 0 spiro atoms. The van der Waals surface area contributed by atoms with Gasteiger partial charge in [0.05, 0.1) is 12.7 Å². The van der Waals surface area contributed by atoms with E-state index in [0.29, 0.717) is 12.1 Å². The Balaban J connectivity index is 1.71. The summed E-state index contributed by atoms with van der Waals surface area (Å²) in [4.78, 5) is 14.4. The van der Waals surface area contributed by atoms with Gasteiger partial charge in [-0.1, -0.05) is 24.3 Å². The number of hydrogen-bond acceptors (Lipinski definition) is 2. The number of ether oxygens (including phenoxy) is 1. The monoisotopic (exact) mass is 375 g/mol. The van der Waals surface area contributed by atoms with Crippen LogP contribution in [0.25, 0.3) is 6.08 Å². The molecule has 1 amide bonds. The molecule has 0 radical (unpaired) electrons. The van der Waals surface area contributed by atoms with E-state index >= 15 is 0 Å². The molecule has 0 bridgehead atoms. The normalized spacial score (nSPS) is 14.4. The molecule has 1 fully saturated rings. The van der Waals surface area contributed by atoms with E-state index in [1.165, 1.54) is 18.2 Å². The molecule has 0 atom stereocenters. The molecule has 0 unspecified atom stereocenters. The van der Waals surface area contributed by atoms with Crippen LogP contribution in [0, 0.1) is 0 Å². The minimum Gasteiger partial charge on any atom is -0.497 e. The van der Waals surface area contributed by atoms with Crippen LogP contribution in [0.3, 0.4) is 0 Å². The first-order chi connectivity index (χ1) is 12.9. The Bertz CT molecular complexity index is 824. The average molecular weight is 375 g/mol. The third-order valence-electron chi connectivity index (χ3n) is 4.42. The molecule has 0 N–H and O–H groups in total. The van der Waals surface area contributed by atoms with Crippen LogP contribution >= 0.6 is 0 Å². The number of nitrogens with zero attached hydrogens (tertiary/aromatic N) is 1. The SMILES string of the molecule is COc1ccc(CN(C(=O)/C=C/c2cccc(C(F)(F)F)c2)C2CC2)cc1. The molecule has 1 aliphatic rings. The molecule has 27 heavy (non-hydrogen) atoms. The molecule has 3 nitrogen and oxygen atoms in total. The fraction of sp³-hybridized carbons (Fsp3) is 0.286. The summed E-state index contributed by atoms with van der Waals surface area (Å²) in [5.74, 6) is 0.540. The van der Waals surface area contributed by atoms with E-state index in [9.17, 15) is 18.0 Å². The van der Waals surface area contributed by atoms with E-state index in [0.717, 1.165) is 36.3 Å². The molecule has 0 heterocycles. The molecule has 6 heteroatoms. The van der Waals surface area contributed by atoms with Crippen molar-refractivity contribution in [3.63, 3.8) is 0 Å². The lowest BCUT2D eigenvalue weighted by molar-refractivity contribution is -0.137. The Hall–Kier alpha value is -2.76. The van der Waals surface area contributed by atoms with E-state index in [1.54, 1.807) is 18.1 Å². The zero-order valence-corrected chi connectivity index (χ0v) is 14.9. The number of benzene rings is 2. The van der Waals surface area contributed by atoms with Gasteiger partial charge in [0.15, 0.2) is 0 Å². The van der Waals surface area contributed by atoms with Crippen molar-refractivity contribution in [2.75, 3.05) is 7.11 Å². The van der Waals surface area contributed by atoms with Crippen LogP contribution in [-0.2, 0) is 17.5 Å². The highest BCUT2D eigenvalue weighted by molar-refractivity contribution is 5.92. The maximum Gasteiger partial charge on any atom is 0.416 e. The maximum atomic E-state index is 12.8. The molecule has 0 aliphatic heterocycles. The molecule has 0 aromatic heterocycles. The van der Waals surface area contributed by atoms with E-state index < -0.39 is 11.7 Å². The van der Waals surface area contributed by atoms with Crippen LogP contribution in [0.15, 0.2) is 54.6 Å². The van der Waals surface area contributed by atoms with Crippen LogP contribution in [-0.4, -0.2) is 24.0 Å². The number of halogens is 3. The van der Waals surface area contributed by atoms with Crippen LogP contribution < -0.4 is 4.74 Å². The van der Waals surface area contributed by atoms with Gasteiger partial charge in [0, 0.05) is 18.7 Å². The van der Waals surface area contributed by atoms with Gasteiger partial charge >= 0.3 is 6.18 Å². The Morgan fingerprint density at radius 1 is 1.19 bits per heavy atom. The number of alkyl halides is 3. The summed E-state index contributed by atoms with van der Waals surface area (Å²) in [6, 6.07) is 12.6. The molecule has 3 rings (SSSR count). The van der Waals surface area contributed by atoms with Crippen LogP contribution in [0.4, 0.5) is 13.2 Å². The molecule has 0 saturated heterocycles. The Morgan fingerprint density at radius 2 is 1.89 bits per heavy atom. The van der Waals surface area contributed by atoms with Crippen LogP contribution in [0.1, 0.15) is 29.5 Å². The van der Waals surface area contributed by atoms with E-state index in [-0.39, 0.29) is 11.9 Å². The summed E-state index contributed by atoms with van der Waals surface area (Å²) in [7, 11) is 1.59. The highest BCUT2D eigenvalue weighted by atomic mass is 19.4. The summed E-state index contributed by atoms with van der Waals surface area (Å²) in [5, 5.41) is 0. The zero-order chi connectivity index (χ0) is 19.4. The number of amides is 1. The van der Waals surface area contributed by atoms with E-state index in [4.69, 9.17) is 4.74 Å². The van der Waals surface area contributed by atoms with Crippen molar-refractivity contribution in [1.82, 2.24) is 4.90 Å². The lowest BCUT2D eigenvalue weighted by atomic mass is 10.1. The van der Waals surface area contributed by atoms with Crippen molar-refractivity contribution in [3.05, 3.63) is 71.3 Å². The van der Waals surface area contributed by atoms with E-state index in [2.05, 4.69) is 0 Å². The minimum atomic E-state index is -4.40. The summed E-state index contributed by atoms with van der Waals surface area (Å²) >= 11 is 0. The number of hydrogen-bond donors (Lipinski definition) is 0. The van der Waals surface area contributed by atoms with Gasteiger partial charge in [0.25, 0.3) is 0 Å². The zero-order valence-electron chi connectivity index (χ0n) is 14.9. The highest BCUT2D eigenvalue weighted by Gasteiger charge is 2.32. The molecule has 142 valence electrons. The Kier molecular flexibility index (Phi) is 5.54. The number of carbonyl (C=O) groups excluding carboxylic acids is 1. The van der Waals surface area contributed by atoms with Crippen molar-refractivity contribution < 1.29 is 22.7 Å². The molecule has 1 saturated carbocycles. The van der Waals surface area contributed by atoms with E-state index in [1.807, 2.05) is 24.3 Å². The summed E-state index contributed by atoms with van der Waals surface area (Å²) in [5.41, 5.74) is 0.594. The fourth-order valence-corrected chi connectivity index (χ4v) is 2.78. The van der Waals surface area contributed by atoms with Gasteiger partial charge in [-0.05, 0) is 54.3 Å². The van der Waals surface area contributed by atoms with Gasteiger partial charge in [-0.15, -0.1) is 0 Å². The smallest absolute Gasteiger partial charge is 0.416 e. The fourth-order valence-electron chi connectivity index (χ4n) is 2.78. The molecule has 2 aromatic rings. The first-order valence-corrected chi connectivity index (χ1v) is 8.65. The van der Waals surface area contributed by atoms with Gasteiger partial charge in [0.1, 0.15) is 5.75 Å². The maximum absolute atomic E-state index is 12.8. The van der Waals surface area contributed by atoms with Gasteiger partial charge in [-0.25, -0.2) is 0 Å². The molecular formula is C21H20F3NO2. The minimum absolute atomic E-state index is 0.186. The molecular weight excluding hydrogens is 355 g/mol. The first kappa shape index (κ1) is 19.0. The van der Waals surface area contributed by atoms with Crippen LogP contribution in [0.5, 0.6) is 5.75 Å². The van der Waals surface area contributed by atoms with Gasteiger partial charge < -0.3 is 9.64 Å². The van der Waals surface area contributed by atoms with Gasteiger partial charge in [-0.2, -0.15) is 13.2 Å². The lowest BCUT2D eigenvalue weighted by Gasteiger charge is -2.21. The van der Waals surface area contributed by atoms with Crippen molar-refractivity contribution in [2.45, 2.75) is 31.6 Å².